The van der Waals surface area contributed by atoms with Gasteiger partial charge in [-0.05, 0) is 44.6 Å². The van der Waals surface area contributed by atoms with Gasteiger partial charge in [-0.1, -0.05) is 32.6 Å². The van der Waals surface area contributed by atoms with Crippen molar-refractivity contribution >= 4 is 0 Å². The number of nitrogens with zero attached hydrogens (tertiary/aromatic N) is 1. The summed E-state index contributed by atoms with van der Waals surface area (Å²) in [5, 5.41) is 3.80. The first-order valence-electron chi connectivity index (χ1n) is 8.37. The summed E-state index contributed by atoms with van der Waals surface area (Å²) in [6, 6.07) is 2.57. The zero-order valence-corrected chi connectivity index (χ0v) is 12.0. The van der Waals surface area contributed by atoms with Crippen molar-refractivity contribution in [2.24, 2.45) is 5.92 Å². The van der Waals surface area contributed by atoms with Crippen LogP contribution in [-0.4, -0.2) is 36.1 Å². The molecule has 2 nitrogen and oxygen atoms in total. The monoisotopic (exact) mass is 250 g/mol. The van der Waals surface area contributed by atoms with Gasteiger partial charge in [0.05, 0.1) is 0 Å². The number of likely N-dealkylation sites (tertiary alicyclic amines) is 1. The van der Waals surface area contributed by atoms with Gasteiger partial charge in [0.25, 0.3) is 0 Å². The van der Waals surface area contributed by atoms with Gasteiger partial charge in [0.2, 0.25) is 0 Å². The SMILES string of the molecule is CCNC1CCCCCCC1N1CC2CCC1C2. The quantitative estimate of drug-likeness (QED) is 0.827. The van der Waals surface area contributed by atoms with E-state index in [1.54, 1.807) is 0 Å². The van der Waals surface area contributed by atoms with E-state index in [-0.39, 0.29) is 0 Å². The molecular weight excluding hydrogens is 220 g/mol. The standard InChI is InChI=1S/C16H30N2/c1-2-17-15-7-5-3-4-6-8-16(15)18-12-13-9-10-14(18)11-13/h13-17H,2-12H2,1H3. The highest BCUT2D eigenvalue weighted by Crippen LogP contribution is 2.40. The molecule has 1 heterocycles. The molecular formula is C16H30N2. The van der Waals surface area contributed by atoms with Crippen molar-refractivity contribution in [1.82, 2.24) is 10.2 Å². The van der Waals surface area contributed by atoms with Crippen LogP contribution in [0.4, 0.5) is 0 Å². The molecule has 1 aliphatic heterocycles. The molecule has 0 aromatic carbocycles. The van der Waals surface area contributed by atoms with Crippen molar-refractivity contribution in [3.05, 3.63) is 0 Å². The second-order valence-electron chi connectivity index (χ2n) is 6.75. The van der Waals surface area contributed by atoms with Gasteiger partial charge in [-0.2, -0.15) is 0 Å². The van der Waals surface area contributed by atoms with Gasteiger partial charge in [-0.3, -0.25) is 4.90 Å². The van der Waals surface area contributed by atoms with E-state index >= 15 is 0 Å². The summed E-state index contributed by atoms with van der Waals surface area (Å²) in [6.45, 7) is 4.83. The van der Waals surface area contributed by atoms with Crippen molar-refractivity contribution in [3.63, 3.8) is 0 Å². The largest absolute Gasteiger partial charge is 0.313 e. The molecule has 2 bridgehead atoms. The number of rotatable bonds is 3. The van der Waals surface area contributed by atoms with Crippen LogP contribution in [0.3, 0.4) is 0 Å². The lowest BCUT2D eigenvalue weighted by molar-refractivity contribution is 0.100. The van der Waals surface area contributed by atoms with E-state index in [2.05, 4.69) is 17.1 Å². The molecule has 3 aliphatic rings. The summed E-state index contributed by atoms with van der Waals surface area (Å²) in [6.07, 6.45) is 13.2. The molecule has 1 N–H and O–H groups in total. The fraction of sp³-hybridized carbons (Fsp3) is 1.00. The highest BCUT2D eigenvalue weighted by molar-refractivity contribution is 4.98. The molecule has 0 amide bonds. The summed E-state index contributed by atoms with van der Waals surface area (Å²) in [7, 11) is 0. The maximum absolute atomic E-state index is 3.80. The van der Waals surface area contributed by atoms with E-state index in [0.717, 1.165) is 30.6 Å². The Labute approximate surface area is 113 Å². The molecule has 3 fully saturated rings. The average molecular weight is 250 g/mol. The summed E-state index contributed by atoms with van der Waals surface area (Å²) in [5.41, 5.74) is 0. The van der Waals surface area contributed by atoms with Crippen molar-refractivity contribution < 1.29 is 0 Å². The predicted molar refractivity (Wildman–Crippen MR) is 76.8 cm³/mol. The van der Waals surface area contributed by atoms with Gasteiger partial charge in [0, 0.05) is 24.7 Å². The molecule has 2 saturated carbocycles. The first-order valence-corrected chi connectivity index (χ1v) is 8.37. The molecule has 0 aromatic rings. The zero-order chi connectivity index (χ0) is 12.4. The Kier molecular flexibility index (Phi) is 4.25. The van der Waals surface area contributed by atoms with Gasteiger partial charge in [0.1, 0.15) is 0 Å². The molecule has 2 heteroatoms. The fourth-order valence-electron chi connectivity index (χ4n) is 4.73. The molecule has 4 unspecified atom stereocenters. The Bertz CT molecular complexity index is 266. The highest BCUT2D eigenvalue weighted by atomic mass is 15.2. The average Bonchev–Trinajstić information content (AvgIpc) is 2.95. The predicted octanol–water partition coefficient (Wildman–Crippen LogP) is 3.17. The summed E-state index contributed by atoms with van der Waals surface area (Å²) >= 11 is 0. The van der Waals surface area contributed by atoms with Crippen molar-refractivity contribution in [3.8, 4) is 0 Å². The minimum atomic E-state index is 0.773. The third-order valence-corrected chi connectivity index (χ3v) is 5.57. The third-order valence-electron chi connectivity index (χ3n) is 5.57. The number of fused-ring (bicyclic) bond motifs is 2. The molecule has 2 aliphatic carbocycles. The lowest BCUT2D eigenvalue weighted by Gasteiger charge is -2.41. The van der Waals surface area contributed by atoms with Gasteiger partial charge >= 0.3 is 0 Å². The number of likely N-dealkylation sites (N-methyl/N-ethyl adjacent to an activating group) is 1. The topological polar surface area (TPSA) is 15.3 Å². The van der Waals surface area contributed by atoms with Gasteiger partial charge < -0.3 is 5.32 Å². The second kappa shape index (κ2) is 5.92. The van der Waals surface area contributed by atoms with E-state index in [0.29, 0.717) is 0 Å². The molecule has 3 rings (SSSR count). The molecule has 18 heavy (non-hydrogen) atoms. The van der Waals surface area contributed by atoms with Crippen LogP contribution in [-0.2, 0) is 0 Å². The molecule has 1 saturated heterocycles. The molecule has 4 atom stereocenters. The van der Waals surface area contributed by atoms with E-state index in [4.69, 9.17) is 0 Å². The minimum absolute atomic E-state index is 0.773. The molecule has 104 valence electrons. The number of hydrogen-bond donors (Lipinski definition) is 1. The van der Waals surface area contributed by atoms with Crippen molar-refractivity contribution in [2.45, 2.75) is 82.8 Å². The maximum atomic E-state index is 3.80. The van der Waals surface area contributed by atoms with Crippen LogP contribution in [0.2, 0.25) is 0 Å². The lowest BCUT2D eigenvalue weighted by Crippen LogP contribution is -2.53. The first kappa shape index (κ1) is 12.9. The summed E-state index contributed by atoms with van der Waals surface area (Å²) < 4.78 is 0. The molecule has 0 aromatic heterocycles. The summed E-state index contributed by atoms with van der Waals surface area (Å²) in [5.74, 6) is 1.04. The van der Waals surface area contributed by atoms with Gasteiger partial charge in [0.15, 0.2) is 0 Å². The highest BCUT2D eigenvalue weighted by Gasteiger charge is 2.42. The minimum Gasteiger partial charge on any atom is -0.313 e. The summed E-state index contributed by atoms with van der Waals surface area (Å²) in [4.78, 5) is 2.91. The van der Waals surface area contributed by atoms with Crippen LogP contribution in [0.25, 0.3) is 0 Å². The number of piperidine rings is 1. The van der Waals surface area contributed by atoms with Gasteiger partial charge in [-0.25, -0.2) is 0 Å². The van der Waals surface area contributed by atoms with E-state index in [9.17, 15) is 0 Å². The lowest BCUT2D eigenvalue weighted by atomic mass is 9.90. The Balaban J connectivity index is 1.68. The van der Waals surface area contributed by atoms with E-state index in [1.165, 1.54) is 64.3 Å². The first-order chi connectivity index (χ1) is 8.88. The van der Waals surface area contributed by atoms with E-state index in [1.807, 2.05) is 0 Å². The van der Waals surface area contributed by atoms with Crippen LogP contribution in [0.15, 0.2) is 0 Å². The number of nitrogens with one attached hydrogen (secondary N) is 1. The normalized spacial score (nSPS) is 41.8. The van der Waals surface area contributed by atoms with Crippen LogP contribution >= 0.6 is 0 Å². The molecule has 0 radical (unpaired) electrons. The third kappa shape index (κ3) is 2.60. The van der Waals surface area contributed by atoms with Crippen LogP contribution in [0.1, 0.15) is 64.7 Å². The molecule has 0 spiro atoms. The smallest absolute Gasteiger partial charge is 0.0252 e. The Hall–Kier alpha value is -0.0800. The van der Waals surface area contributed by atoms with Crippen LogP contribution in [0, 0.1) is 5.92 Å². The Morgan fingerprint density at radius 3 is 2.50 bits per heavy atom. The van der Waals surface area contributed by atoms with Crippen molar-refractivity contribution in [1.29, 1.82) is 0 Å². The maximum Gasteiger partial charge on any atom is 0.0252 e. The zero-order valence-electron chi connectivity index (χ0n) is 12.0. The van der Waals surface area contributed by atoms with Crippen LogP contribution in [0.5, 0.6) is 0 Å². The number of hydrogen-bond acceptors (Lipinski definition) is 2. The van der Waals surface area contributed by atoms with Crippen molar-refractivity contribution in [2.75, 3.05) is 13.1 Å². The van der Waals surface area contributed by atoms with E-state index < -0.39 is 0 Å². The second-order valence-corrected chi connectivity index (χ2v) is 6.75. The van der Waals surface area contributed by atoms with Crippen LogP contribution < -0.4 is 5.32 Å². The van der Waals surface area contributed by atoms with Gasteiger partial charge in [-0.15, -0.1) is 0 Å². The Morgan fingerprint density at radius 2 is 1.83 bits per heavy atom. The Morgan fingerprint density at radius 1 is 1.00 bits per heavy atom. The fourth-order valence-corrected chi connectivity index (χ4v) is 4.73.